The summed E-state index contributed by atoms with van der Waals surface area (Å²) in [6.45, 7) is 1.74. The van der Waals surface area contributed by atoms with Crippen LogP contribution in [0.2, 0.25) is 0 Å². The third-order valence-corrected chi connectivity index (χ3v) is 4.24. The first-order valence-corrected chi connectivity index (χ1v) is 8.15. The number of nitrogens with two attached hydrogens (primary N) is 1. The van der Waals surface area contributed by atoms with E-state index in [-0.39, 0.29) is 12.6 Å². The maximum absolute atomic E-state index is 12.9. The summed E-state index contributed by atoms with van der Waals surface area (Å²) in [5.74, 6) is 0.308. The van der Waals surface area contributed by atoms with E-state index in [1.807, 2.05) is 35.2 Å². The molecule has 1 aromatic carbocycles. The summed E-state index contributed by atoms with van der Waals surface area (Å²) in [6.07, 6.45) is -3.76. The van der Waals surface area contributed by atoms with Gasteiger partial charge in [-0.2, -0.15) is 13.2 Å². The standard InChI is InChI=1S/C18H20F3N3O/c19-18(20,21)16-7-6-14(10-22)17(23-16)24-9-8-15(11-24)25-12-13-4-2-1-3-5-13/h1-7,15H,8-12,22H2/t15-/m1/s1. The second-order valence-corrected chi connectivity index (χ2v) is 6.03. The summed E-state index contributed by atoms with van der Waals surface area (Å²) in [7, 11) is 0. The highest BCUT2D eigenvalue weighted by molar-refractivity contribution is 5.49. The number of ether oxygens (including phenoxy) is 1. The molecule has 4 nitrogen and oxygen atoms in total. The van der Waals surface area contributed by atoms with Crippen LogP contribution in [0.1, 0.15) is 23.2 Å². The summed E-state index contributed by atoms with van der Waals surface area (Å²) >= 11 is 0. The molecule has 1 fully saturated rings. The third kappa shape index (κ3) is 4.29. The molecule has 1 atom stereocenters. The Morgan fingerprint density at radius 1 is 1.16 bits per heavy atom. The van der Waals surface area contributed by atoms with E-state index in [2.05, 4.69) is 4.98 Å². The summed E-state index contributed by atoms with van der Waals surface area (Å²) in [5, 5.41) is 0. The number of rotatable bonds is 5. The number of halogens is 3. The molecular formula is C18H20F3N3O. The maximum atomic E-state index is 12.9. The lowest BCUT2D eigenvalue weighted by atomic mass is 10.2. The highest BCUT2D eigenvalue weighted by atomic mass is 19.4. The van der Waals surface area contributed by atoms with Crippen molar-refractivity contribution in [3.05, 3.63) is 59.3 Å². The first-order valence-electron chi connectivity index (χ1n) is 8.15. The van der Waals surface area contributed by atoms with Crippen LogP contribution in [0, 0.1) is 0 Å². The van der Waals surface area contributed by atoms with Crippen LogP contribution < -0.4 is 10.6 Å². The van der Waals surface area contributed by atoms with Gasteiger partial charge in [0.15, 0.2) is 0 Å². The van der Waals surface area contributed by atoms with Crippen LogP contribution in [0.5, 0.6) is 0 Å². The molecule has 25 heavy (non-hydrogen) atoms. The Bertz CT molecular complexity index is 706. The monoisotopic (exact) mass is 351 g/mol. The topological polar surface area (TPSA) is 51.4 Å². The van der Waals surface area contributed by atoms with Crippen LogP contribution in [-0.4, -0.2) is 24.2 Å². The fourth-order valence-electron chi connectivity index (χ4n) is 2.91. The molecule has 0 aliphatic carbocycles. The zero-order valence-electron chi connectivity index (χ0n) is 13.7. The molecule has 2 aromatic rings. The molecule has 1 saturated heterocycles. The van der Waals surface area contributed by atoms with Crippen molar-refractivity contribution in [2.45, 2.75) is 31.9 Å². The van der Waals surface area contributed by atoms with Crippen molar-refractivity contribution in [2.75, 3.05) is 18.0 Å². The average molecular weight is 351 g/mol. The van der Waals surface area contributed by atoms with Crippen LogP contribution in [-0.2, 0) is 24.1 Å². The molecule has 0 unspecified atom stereocenters. The molecule has 0 amide bonds. The van der Waals surface area contributed by atoms with Gasteiger partial charge < -0.3 is 15.4 Å². The van der Waals surface area contributed by atoms with Gasteiger partial charge in [0.05, 0.1) is 12.7 Å². The van der Waals surface area contributed by atoms with E-state index in [1.54, 1.807) is 0 Å². The van der Waals surface area contributed by atoms with Gasteiger partial charge >= 0.3 is 6.18 Å². The van der Waals surface area contributed by atoms with Crippen molar-refractivity contribution in [3.63, 3.8) is 0 Å². The zero-order chi connectivity index (χ0) is 17.9. The van der Waals surface area contributed by atoms with Crippen LogP contribution >= 0.6 is 0 Å². The van der Waals surface area contributed by atoms with Gasteiger partial charge in [-0.1, -0.05) is 36.4 Å². The maximum Gasteiger partial charge on any atom is 0.433 e. The van der Waals surface area contributed by atoms with Gasteiger partial charge in [-0.05, 0) is 18.1 Å². The molecule has 3 rings (SSSR count). The molecule has 0 radical (unpaired) electrons. The minimum absolute atomic E-state index is 0.0397. The number of anilines is 1. The normalized spacial score (nSPS) is 17.9. The van der Waals surface area contributed by atoms with Crippen molar-refractivity contribution < 1.29 is 17.9 Å². The highest BCUT2D eigenvalue weighted by Crippen LogP contribution is 2.32. The third-order valence-electron chi connectivity index (χ3n) is 4.24. The second kappa shape index (κ2) is 7.41. The fraction of sp³-hybridized carbons (Fsp3) is 0.389. The zero-order valence-corrected chi connectivity index (χ0v) is 13.7. The first-order chi connectivity index (χ1) is 12.0. The van der Waals surface area contributed by atoms with Gasteiger partial charge in [-0.3, -0.25) is 0 Å². The van der Waals surface area contributed by atoms with Gasteiger partial charge in [0.25, 0.3) is 0 Å². The van der Waals surface area contributed by atoms with Gasteiger partial charge in [0.2, 0.25) is 0 Å². The van der Waals surface area contributed by atoms with Crippen molar-refractivity contribution in [3.8, 4) is 0 Å². The Balaban J connectivity index is 1.68. The Hall–Kier alpha value is -2.12. The average Bonchev–Trinajstić information content (AvgIpc) is 3.08. The smallest absolute Gasteiger partial charge is 0.372 e. The number of hydrogen-bond donors (Lipinski definition) is 1. The van der Waals surface area contributed by atoms with Crippen LogP contribution in [0.25, 0.3) is 0 Å². The Morgan fingerprint density at radius 3 is 2.60 bits per heavy atom. The molecule has 0 bridgehead atoms. The van der Waals surface area contributed by atoms with Crippen molar-refractivity contribution in [1.29, 1.82) is 0 Å². The summed E-state index contributed by atoms with van der Waals surface area (Å²) in [5.41, 5.74) is 6.45. The van der Waals surface area contributed by atoms with E-state index in [9.17, 15) is 13.2 Å². The van der Waals surface area contributed by atoms with Crippen LogP contribution in [0.4, 0.5) is 19.0 Å². The number of nitrogens with zero attached hydrogens (tertiary/aromatic N) is 2. The number of hydrogen-bond acceptors (Lipinski definition) is 4. The van der Waals surface area contributed by atoms with Crippen LogP contribution in [0.15, 0.2) is 42.5 Å². The Labute approximate surface area is 144 Å². The molecule has 2 heterocycles. The van der Waals surface area contributed by atoms with Crippen LogP contribution in [0.3, 0.4) is 0 Å². The van der Waals surface area contributed by atoms with E-state index in [0.717, 1.165) is 18.1 Å². The number of pyridine rings is 1. The lowest BCUT2D eigenvalue weighted by Crippen LogP contribution is -2.26. The Morgan fingerprint density at radius 2 is 1.92 bits per heavy atom. The van der Waals surface area contributed by atoms with E-state index in [0.29, 0.717) is 31.1 Å². The predicted molar refractivity (Wildman–Crippen MR) is 89.0 cm³/mol. The summed E-state index contributed by atoms with van der Waals surface area (Å²) < 4.78 is 44.7. The van der Waals surface area contributed by atoms with Gasteiger partial charge in [-0.15, -0.1) is 0 Å². The molecule has 0 spiro atoms. The molecule has 1 aliphatic rings. The van der Waals surface area contributed by atoms with E-state index in [4.69, 9.17) is 10.5 Å². The number of aromatic nitrogens is 1. The van der Waals surface area contributed by atoms with E-state index >= 15 is 0 Å². The Kier molecular flexibility index (Phi) is 5.24. The lowest BCUT2D eigenvalue weighted by Gasteiger charge is -2.21. The molecule has 2 N–H and O–H groups in total. The number of benzene rings is 1. The van der Waals surface area contributed by atoms with Crippen molar-refractivity contribution >= 4 is 5.82 Å². The molecule has 7 heteroatoms. The molecule has 134 valence electrons. The van der Waals surface area contributed by atoms with E-state index in [1.165, 1.54) is 6.07 Å². The minimum Gasteiger partial charge on any atom is -0.372 e. The lowest BCUT2D eigenvalue weighted by molar-refractivity contribution is -0.141. The number of alkyl halides is 3. The van der Waals surface area contributed by atoms with Crippen molar-refractivity contribution in [1.82, 2.24) is 4.98 Å². The van der Waals surface area contributed by atoms with Gasteiger partial charge in [0.1, 0.15) is 11.5 Å². The molecular weight excluding hydrogens is 331 g/mol. The van der Waals surface area contributed by atoms with Crippen molar-refractivity contribution in [2.24, 2.45) is 5.73 Å². The second-order valence-electron chi connectivity index (χ2n) is 6.03. The molecule has 0 saturated carbocycles. The first kappa shape index (κ1) is 17.7. The fourth-order valence-corrected chi connectivity index (χ4v) is 2.91. The van der Waals surface area contributed by atoms with Gasteiger partial charge in [-0.25, -0.2) is 4.98 Å². The van der Waals surface area contributed by atoms with E-state index < -0.39 is 11.9 Å². The highest BCUT2D eigenvalue weighted by Gasteiger charge is 2.34. The summed E-state index contributed by atoms with van der Waals surface area (Å²) in [6, 6.07) is 12.2. The minimum atomic E-state index is -4.47. The molecule has 1 aliphatic heterocycles. The molecule has 1 aromatic heterocycles. The predicted octanol–water partition coefficient (Wildman–Crippen LogP) is 3.35. The van der Waals surface area contributed by atoms with Gasteiger partial charge in [0, 0.05) is 25.2 Å². The quantitative estimate of drug-likeness (QED) is 0.898. The SMILES string of the molecule is NCc1ccc(C(F)(F)F)nc1N1CC[C@@H](OCc2ccccc2)C1. The summed E-state index contributed by atoms with van der Waals surface area (Å²) in [4.78, 5) is 5.64. The largest absolute Gasteiger partial charge is 0.433 e.